The van der Waals surface area contributed by atoms with Crippen molar-refractivity contribution in [2.45, 2.75) is 26.0 Å². The van der Waals surface area contributed by atoms with E-state index in [1.807, 2.05) is 55.4 Å². The first-order chi connectivity index (χ1) is 18.5. The molecule has 0 atom stereocenters. The highest BCUT2D eigenvalue weighted by Gasteiger charge is 2.25. The van der Waals surface area contributed by atoms with E-state index < -0.39 is 0 Å². The molecule has 1 aliphatic heterocycles. The molecule has 10 heteroatoms. The normalized spacial score (nSPS) is 13.3. The molecule has 1 aromatic carbocycles. The van der Waals surface area contributed by atoms with Crippen LogP contribution in [0.25, 0.3) is 10.2 Å². The van der Waals surface area contributed by atoms with E-state index >= 15 is 0 Å². The molecule has 196 valence electrons. The lowest BCUT2D eigenvalue weighted by atomic mass is 10.0. The Hall–Kier alpha value is -3.53. The first-order valence-electron chi connectivity index (χ1n) is 12.4. The minimum atomic E-state index is 0.0526. The number of nitrogens with one attached hydrogen (secondary N) is 1. The molecule has 3 aromatic heterocycles. The van der Waals surface area contributed by atoms with E-state index in [4.69, 9.17) is 16.3 Å². The quantitative estimate of drug-likeness (QED) is 0.278. The third-order valence-corrected chi connectivity index (χ3v) is 7.68. The van der Waals surface area contributed by atoms with Gasteiger partial charge in [0.1, 0.15) is 29.3 Å². The summed E-state index contributed by atoms with van der Waals surface area (Å²) in [5.41, 5.74) is 2.98. The molecule has 1 amide bonds. The molecule has 4 heterocycles. The minimum absolute atomic E-state index is 0.0526. The summed E-state index contributed by atoms with van der Waals surface area (Å²) >= 11 is 8.15. The maximum atomic E-state index is 12.7. The Kier molecular flexibility index (Phi) is 8.17. The average molecular weight is 549 g/mol. The van der Waals surface area contributed by atoms with Gasteiger partial charge < -0.3 is 19.9 Å². The van der Waals surface area contributed by atoms with Gasteiger partial charge in [-0.3, -0.25) is 9.78 Å². The molecule has 0 bridgehead atoms. The van der Waals surface area contributed by atoms with Gasteiger partial charge >= 0.3 is 0 Å². The van der Waals surface area contributed by atoms with Crippen molar-refractivity contribution in [3.05, 3.63) is 82.2 Å². The summed E-state index contributed by atoms with van der Waals surface area (Å²) in [6.07, 6.45) is 10.3. The van der Waals surface area contributed by atoms with Gasteiger partial charge in [-0.2, -0.15) is 0 Å². The van der Waals surface area contributed by atoms with Gasteiger partial charge in [-0.25, -0.2) is 9.97 Å². The van der Waals surface area contributed by atoms with Crippen molar-refractivity contribution in [2.75, 3.05) is 32.5 Å². The highest BCUT2D eigenvalue weighted by atomic mass is 35.5. The third kappa shape index (κ3) is 6.12. The minimum Gasteiger partial charge on any atom is -0.487 e. The number of carbonyl (C=O) groups excluding carboxylic acids is 1. The Bertz CT molecular complexity index is 1460. The van der Waals surface area contributed by atoms with Crippen molar-refractivity contribution < 1.29 is 9.53 Å². The number of hydrogen-bond donors (Lipinski definition) is 1. The van der Waals surface area contributed by atoms with E-state index in [-0.39, 0.29) is 5.91 Å². The lowest BCUT2D eigenvalue weighted by Crippen LogP contribution is -2.34. The second-order valence-corrected chi connectivity index (χ2v) is 10.8. The number of nitrogens with zero attached hydrogens (tertiary/aromatic N) is 5. The number of halogens is 1. The van der Waals surface area contributed by atoms with Crippen molar-refractivity contribution in [3.63, 3.8) is 0 Å². The molecule has 8 nitrogen and oxygen atoms in total. The van der Waals surface area contributed by atoms with Gasteiger partial charge in [-0.05, 0) is 62.8 Å². The molecule has 0 saturated heterocycles. The van der Waals surface area contributed by atoms with Crippen molar-refractivity contribution in [1.29, 1.82) is 0 Å². The molecular weight excluding hydrogens is 520 g/mol. The Morgan fingerprint density at radius 3 is 2.97 bits per heavy atom. The Morgan fingerprint density at radius 1 is 1.29 bits per heavy atom. The summed E-state index contributed by atoms with van der Waals surface area (Å²) in [5.74, 6) is 1.38. The van der Waals surface area contributed by atoms with Crippen LogP contribution in [0.4, 0.5) is 11.5 Å². The fourth-order valence-electron chi connectivity index (χ4n) is 4.31. The number of ether oxygens (including phenoxy) is 1. The predicted molar refractivity (Wildman–Crippen MR) is 152 cm³/mol. The number of amides is 1. The van der Waals surface area contributed by atoms with E-state index in [0.717, 1.165) is 51.5 Å². The molecule has 1 N–H and O–H groups in total. The lowest BCUT2D eigenvalue weighted by molar-refractivity contribution is -0.126. The zero-order chi connectivity index (χ0) is 26.5. The molecule has 1 aliphatic rings. The number of thiophene rings is 1. The van der Waals surface area contributed by atoms with Crippen LogP contribution < -0.4 is 10.1 Å². The van der Waals surface area contributed by atoms with Crippen molar-refractivity contribution in [3.8, 4) is 5.75 Å². The van der Waals surface area contributed by atoms with E-state index in [1.54, 1.807) is 36.1 Å². The predicted octanol–water partition coefficient (Wildman–Crippen LogP) is 5.45. The zero-order valence-electron chi connectivity index (χ0n) is 21.4. The second kappa shape index (κ2) is 11.9. The Morgan fingerprint density at radius 2 is 2.18 bits per heavy atom. The van der Waals surface area contributed by atoms with Crippen LogP contribution in [0.2, 0.25) is 5.02 Å². The van der Waals surface area contributed by atoms with E-state index in [1.165, 1.54) is 5.56 Å². The zero-order valence-corrected chi connectivity index (χ0v) is 22.9. The summed E-state index contributed by atoms with van der Waals surface area (Å²) in [5, 5.41) is 4.92. The first-order valence-corrected chi connectivity index (χ1v) is 13.6. The topological polar surface area (TPSA) is 83.5 Å². The molecule has 0 aliphatic carbocycles. The fourth-order valence-corrected chi connectivity index (χ4v) is 5.75. The summed E-state index contributed by atoms with van der Waals surface area (Å²) in [4.78, 5) is 31.9. The van der Waals surface area contributed by atoms with Gasteiger partial charge in [0.2, 0.25) is 5.91 Å². The lowest BCUT2D eigenvalue weighted by Gasteiger charge is -2.26. The van der Waals surface area contributed by atoms with Gasteiger partial charge in [-0.15, -0.1) is 11.3 Å². The van der Waals surface area contributed by atoms with Crippen LogP contribution in [0.5, 0.6) is 5.75 Å². The SMILES string of the molecule is CN(C)CCC=CC(=O)N1CCc2c(sc3ncnc(Nc4ccc(OCc5cccnc5)c(Cl)c4)c23)C1. The number of carbonyl (C=O) groups is 1. The number of hydrogen-bond acceptors (Lipinski definition) is 8. The Balaban J connectivity index is 1.29. The molecule has 0 unspecified atom stereocenters. The van der Waals surface area contributed by atoms with Crippen LogP contribution in [0.1, 0.15) is 22.4 Å². The number of rotatable bonds is 9. The highest BCUT2D eigenvalue weighted by molar-refractivity contribution is 7.19. The number of benzene rings is 1. The molecule has 38 heavy (non-hydrogen) atoms. The van der Waals surface area contributed by atoms with Crippen LogP contribution in [-0.4, -0.2) is 57.8 Å². The van der Waals surface area contributed by atoms with Gasteiger partial charge in [0.05, 0.1) is 17.0 Å². The van der Waals surface area contributed by atoms with Crippen molar-refractivity contribution in [2.24, 2.45) is 0 Å². The highest BCUT2D eigenvalue weighted by Crippen LogP contribution is 2.38. The van der Waals surface area contributed by atoms with Crippen LogP contribution >= 0.6 is 22.9 Å². The molecular formula is C28H29ClN6O2S. The van der Waals surface area contributed by atoms with Crippen LogP contribution in [0.15, 0.2) is 61.2 Å². The van der Waals surface area contributed by atoms with Crippen molar-refractivity contribution >= 4 is 50.6 Å². The van der Waals surface area contributed by atoms with Crippen molar-refractivity contribution in [1.82, 2.24) is 24.8 Å². The summed E-state index contributed by atoms with van der Waals surface area (Å²) < 4.78 is 5.87. The van der Waals surface area contributed by atoms with Gasteiger partial charge in [-0.1, -0.05) is 23.7 Å². The van der Waals surface area contributed by atoms with Gasteiger partial charge in [0.25, 0.3) is 0 Å². The molecule has 0 saturated carbocycles. The Labute approximate surface area is 230 Å². The molecule has 4 aromatic rings. The maximum absolute atomic E-state index is 12.7. The van der Waals surface area contributed by atoms with Gasteiger partial charge in [0, 0.05) is 41.6 Å². The monoisotopic (exact) mass is 548 g/mol. The summed E-state index contributed by atoms with van der Waals surface area (Å²) in [7, 11) is 4.05. The summed E-state index contributed by atoms with van der Waals surface area (Å²) in [6, 6.07) is 9.42. The molecule has 0 spiro atoms. The second-order valence-electron chi connectivity index (χ2n) is 9.33. The third-order valence-electron chi connectivity index (χ3n) is 6.26. The van der Waals surface area contributed by atoms with E-state index in [2.05, 4.69) is 25.2 Å². The maximum Gasteiger partial charge on any atom is 0.246 e. The number of pyridine rings is 1. The molecule has 0 fully saturated rings. The first kappa shape index (κ1) is 26.1. The van der Waals surface area contributed by atoms with Crippen LogP contribution in [-0.2, 0) is 24.4 Å². The average Bonchev–Trinajstić information content (AvgIpc) is 3.30. The van der Waals surface area contributed by atoms with Gasteiger partial charge in [0.15, 0.2) is 0 Å². The fraction of sp³-hybridized carbons (Fsp3) is 0.286. The molecule has 0 radical (unpaired) electrons. The summed E-state index contributed by atoms with van der Waals surface area (Å²) in [6.45, 7) is 2.56. The smallest absolute Gasteiger partial charge is 0.246 e. The van der Waals surface area contributed by atoms with Crippen LogP contribution in [0, 0.1) is 0 Å². The number of aromatic nitrogens is 3. The molecule has 5 rings (SSSR count). The van der Waals surface area contributed by atoms with E-state index in [9.17, 15) is 4.79 Å². The standard InChI is InChI=1S/C28H29ClN6O2S/c1-34(2)12-4-3-7-25(36)35-13-10-21-24(16-35)38-28-26(21)27(31-18-32-28)33-20-8-9-23(22(29)14-20)37-17-19-6-5-11-30-15-19/h3,5-9,11,14-15,18H,4,10,12-13,16-17H2,1-2H3,(H,31,32,33). The van der Waals surface area contributed by atoms with Crippen LogP contribution in [0.3, 0.4) is 0 Å². The van der Waals surface area contributed by atoms with E-state index in [0.29, 0.717) is 30.5 Å². The largest absolute Gasteiger partial charge is 0.487 e. The number of fused-ring (bicyclic) bond motifs is 3. The number of anilines is 2.